The summed E-state index contributed by atoms with van der Waals surface area (Å²) in [6.07, 6.45) is 1.75. The maximum absolute atomic E-state index is 11.8. The standard InChI is InChI=1S/C15H20O5Si/c1-6-13(21(4)5)20-10-7-8-11(14(16)18-2)12(9-10)15(17)19-3/h6-9,13,21H,1H2,2-5H3. The van der Waals surface area contributed by atoms with E-state index in [2.05, 4.69) is 24.4 Å². The largest absolute Gasteiger partial charge is 0.491 e. The molecule has 114 valence electrons. The number of rotatable bonds is 6. The van der Waals surface area contributed by atoms with Gasteiger partial charge in [-0.2, -0.15) is 0 Å². The van der Waals surface area contributed by atoms with Crippen molar-refractivity contribution in [1.29, 1.82) is 0 Å². The molecule has 0 aliphatic carbocycles. The second-order valence-electron chi connectivity index (χ2n) is 4.75. The van der Waals surface area contributed by atoms with E-state index in [0.29, 0.717) is 5.75 Å². The number of methoxy groups -OCH3 is 2. The van der Waals surface area contributed by atoms with Crippen LogP contribution in [-0.2, 0) is 9.47 Å². The number of benzene rings is 1. The van der Waals surface area contributed by atoms with E-state index in [1.165, 1.54) is 26.4 Å². The lowest BCUT2D eigenvalue weighted by atomic mass is 10.1. The zero-order valence-electron chi connectivity index (χ0n) is 12.7. The number of ether oxygens (including phenoxy) is 3. The van der Waals surface area contributed by atoms with Crippen molar-refractivity contribution in [1.82, 2.24) is 0 Å². The minimum atomic E-state index is -1.09. The van der Waals surface area contributed by atoms with Crippen LogP contribution in [0.15, 0.2) is 30.9 Å². The fourth-order valence-electron chi connectivity index (χ4n) is 1.78. The van der Waals surface area contributed by atoms with Crippen molar-refractivity contribution in [2.45, 2.75) is 18.8 Å². The molecular weight excluding hydrogens is 288 g/mol. The van der Waals surface area contributed by atoms with E-state index in [4.69, 9.17) is 9.47 Å². The zero-order chi connectivity index (χ0) is 16.0. The quantitative estimate of drug-likeness (QED) is 0.458. The summed E-state index contributed by atoms with van der Waals surface area (Å²) in [4.78, 5) is 23.5. The SMILES string of the molecule is C=CC(Oc1ccc(C(=O)OC)c(C(=O)OC)c1)[SiH](C)C. The molecule has 1 aromatic carbocycles. The summed E-state index contributed by atoms with van der Waals surface area (Å²) in [5.41, 5.74) is 0.211. The first kappa shape index (κ1) is 17.0. The molecule has 21 heavy (non-hydrogen) atoms. The molecular formula is C15H20O5Si. The smallest absolute Gasteiger partial charge is 0.338 e. The van der Waals surface area contributed by atoms with Crippen LogP contribution in [0, 0.1) is 0 Å². The fourth-order valence-corrected chi connectivity index (χ4v) is 2.75. The van der Waals surface area contributed by atoms with Gasteiger partial charge >= 0.3 is 11.9 Å². The Balaban J connectivity index is 3.18. The minimum absolute atomic E-state index is 0.0560. The Morgan fingerprint density at radius 1 is 1.14 bits per heavy atom. The van der Waals surface area contributed by atoms with Crippen molar-refractivity contribution in [2.75, 3.05) is 14.2 Å². The Morgan fingerprint density at radius 2 is 1.71 bits per heavy atom. The molecule has 1 rings (SSSR count). The van der Waals surface area contributed by atoms with Crippen molar-refractivity contribution in [3.63, 3.8) is 0 Å². The van der Waals surface area contributed by atoms with Gasteiger partial charge in [0.25, 0.3) is 0 Å². The highest BCUT2D eigenvalue weighted by Gasteiger charge is 2.20. The molecule has 1 atom stereocenters. The molecule has 0 aliphatic rings. The maximum Gasteiger partial charge on any atom is 0.338 e. The molecule has 0 saturated carbocycles. The van der Waals surface area contributed by atoms with Crippen LogP contribution in [0.4, 0.5) is 0 Å². The monoisotopic (exact) mass is 308 g/mol. The van der Waals surface area contributed by atoms with Gasteiger partial charge in [-0.15, -0.1) is 0 Å². The second kappa shape index (κ2) is 7.63. The van der Waals surface area contributed by atoms with E-state index in [9.17, 15) is 9.59 Å². The van der Waals surface area contributed by atoms with Crippen LogP contribution in [0.3, 0.4) is 0 Å². The zero-order valence-corrected chi connectivity index (χ0v) is 13.9. The van der Waals surface area contributed by atoms with E-state index in [1.54, 1.807) is 12.1 Å². The Labute approximate surface area is 126 Å². The Kier molecular flexibility index (Phi) is 6.17. The summed E-state index contributed by atoms with van der Waals surface area (Å²) in [5.74, 6) is -0.715. The van der Waals surface area contributed by atoms with Gasteiger partial charge in [-0.25, -0.2) is 9.59 Å². The number of hydrogen-bond acceptors (Lipinski definition) is 5. The first-order valence-electron chi connectivity index (χ1n) is 6.54. The third-order valence-corrected chi connectivity index (χ3v) is 4.69. The number of carbonyl (C=O) groups excluding carboxylic acids is 2. The van der Waals surface area contributed by atoms with Gasteiger partial charge in [0.1, 0.15) is 11.5 Å². The van der Waals surface area contributed by atoms with E-state index in [0.717, 1.165) is 0 Å². The minimum Gasteiger partial charge on any atom is -0.491 e. The predicted octanol–water partition coefficient (Wildman–Crippen LogP) is 2.22. The molecule has 0 aromatic heterocycles. The molecule has 0 N–H and O–H groups in total. The summed E-state index contributed by atoms with van der Waals surface area (Å²) in [5, 5.41) is 0. The predicted molar refractivity (Wildman–Crippen MR) is 82.6 cm³/mol. The van der Waals surface area contributed by atoms with Gasteiger partial charge in [-0.05, 0) is 18.2 Å². The summed E-state index contributed by atoms with van der Waals surface area (Å²) in [6, 6.07) is 4.62. The highest BCUT2D eigenvalue weighted by atomic mass is 28.3. The topological polar surface area (TPSA) is 61.8 Å². The van der Waals surface area contributed by atoms with Crippen molar-refractivity contribution in [3.05, 3.63) is 42.0 Å². The van der Waals surface area contributed by atoms with Crippen LogP contribution in [0.1, 0.15) is 20.7 Å². The molecule has 1 unspecified atom stereocenters. The van der Waals surface area contributed by atoms with Crippen molar-refractivity contribution < 1.29 is 23.8 Å². The Bertz CT molecular complexity index is 539. The van der Waals surface area contributed by atoms with Crippen LogP contribution in [0.5, 0.6) is 5.75 Å². The molecule has 0 saturated heterocycles. The first-order valence-corrected chi connectivity index (χ1v) is 9.52. The van der Waals surface area contributed by atoms with Crippen LogP contribution in [0.25, 0.3) is 0 Å². The van der Waals surface area contributed by atoms with Gasteiger partial charge in [0, 0.05) is 0 Å². The molecule has 5 nitrogen and oxygen atoms in total. The molecule has 0 radical (unpaired) electrons. The highest BCUT2D eigenvalue weighted by molar-refractivity contribution is 6.57. The van der Waals surface area contributed by atoms with Gasteiger partial charge in [-0.1, -0.05) is 25.7 Å². The molecule has 0 amide bonds. The lowest BCUT2D eigenvalue weighted by Gasteiger charge is -2.19. The molecule has 1 aromatic rings. The van der Waals surface area contributed by atoms with Gasteiger partial charge in [-0.3, -0.25) is 0 Å². The molecule has 0 aliphatic heterocycles. The Hall–Kier alpha value is -2.08. The van der Waals surface area contributed by atoms with Crippen molar-refractivity contribution in [2.24, 2.45) is 0 Å². The van der Waals surface area contributed by atoms with Gasteiger partial charge < -0.3 is 14.2 Å². The average Bonchev–Trinajstić information content (AvgIpc) is 2.50. The van der Waals surface area contributed by atoms with Crippen LogP contribution in [-0.4, -0.2) is 40.7 Å². The Morgan fingerprint density at radius 3 is 2.19 bits per heavy atom. The first-order chi connectivity index (χ1) is 9.94. The normalized spacial score (nSPS) is 11.7. The average molecular weight is 308 g/mol. The van der Waals surface area contributed by atoms with E-state index < -0.39 is 20.7 Å². The van der Waals surface area contributed by atoms with Gasteiger partial charge in [0.05, 0.1) is 34.1 Å². The summed E-state index contributed by atoms with van der Waals surface area (Å²) >= 11 is 0. The summed E-state index contributed by atoms with van der Waals surface area (Å²) in [7, 11) is 1.42. The van der Waals surface area contributed by atoms with E-state index in [1.807, 2.05) is 0 Å². The van der Waals surface area contributed by atoms with Crippen LogP contribution >= 0.6 is 0 Å². The lowest BCUT2D eigenvalue weighted by molar-refractivity contribution is 0.0555. The summed E-state index contributed by atoms with van der Waals surface area (Å²) < 4.78 is 15.2. The molecule has 0 heterocycles. The number of carbonyl (C=O) groups is 2. The second-order valence-corrected chi connectivity index (χ2v) is 7.90. The highest BCUT2D eigenvalue weighted by Crippen LogP contribution is 2.21. The molecule has 0 fully saturated rings. The maximum atomic E-state index is 11.8. The van der Waals surface area contributed by atoms with Crippen molar-refractivity contribution >= 4 is 20.7 Å². The molecule has 0 bridgehead atoms. The van der Waals surface area contributed by atoms with Crippen molar-refractivity contribution in [3.8, 4) is 5.75 Å². The van der Waals surface area contributed by atoms with Gasteiger partial charge in [0.2, 0.25) is 0 Å². The van der Waals surface area contributed by atoms with E-state index >= 15 is 0 Å². The number of hydrogen-bond donors (Lipinski definition) is 0. The third kappa shape index (κ3) is 4.19. The lowest BCUT2D eigenvalue weighted by Crippen LogP contribution is -2.28. The molecule has 0 spiro atoms. The third-order valence-electron chi connectivity index (χ3n) is 2.96. The van der Waals surface area contributed by atoms with Crippen LogP contribution < -0.4 is 4.74 Å². The number of esters is 2. The summed E-state index contributed by atoms with van der Waals surface area (Å²) in [6.45, 7) is 8.03. The molecule has 6 heteroatoms. The van der Waals surface area contributed by atoms with E-state index in [-0.39, 0.29) is 16.9 Å². The van der Waals surface area contributed by atoms with Crippen LogP contribution in [0.2, 0.25) is 13.1 Å². The van der Waals surface area contributed by atoms with Gasteiger partial charge in [0.15, 0.2) is 0 Å². The fraction of sp³-hybridized carbons (Fsp3) is 0.333.